The zero-order chi connectivity index (χ0) is 13.1. The van der Waals surface area contributed by atoms with E-state index in [4.69, 9.17) is 4.52 Å². The van der Waals surface area contributed by atoms with Crippen molar-refractivity contribution in [3.63, 3.8) is 0 Å². The van der Waals surface area contributed by atoms with Crippen LogP contribution in [0.2, 0.25) is 0 Å². The normalized spacial score (nSPS) is 18.9. The van der Waals surface area contributed by atoms with E-state index in [2.05, 4.69) is 20.4 Å². The third kappa shape index (κ3) is 2.81. The van der Waals surface area contributed by atoms with Gasteiger partial charge in [-0.15, -0.1) is 0 Å². The maximum atomic E-state index is 5.32. The number of aryl methyl sites for hydroxylation is 2. The Balaban J connectivity index is 1.67. The fourth-order valence-electron chi connectivity index (χ4n) is 2.45. The van der Waals surface area contributed by atoms with Gasteiger partial charge in [0, 0.05) is 24.4 Å². The minimum atomic E-state index is 0.644. The van der Waals surface area contributed by atoms with Crippen LogP contribution in [0.15, 0.2) is 23.0 Å². The molecule has 0 saturated carbocycles. The molecule has 1 aliphatic heterocycles. The molecular formula is C14H18N4O. The number of rotatable bonds is 4. The molecule has 1 aliphatic rings. The highest BCUT2D eigenvalue weighted by molar-refractivity contribution is 5.57. The first-order valence-electron chi connectivity index (χ1n) is 6.77. The summed E-state index contributed by atoms with van der Waals surface area (Å²) in [6.45, 7) is 4.27. The van der Waals surface area contributed by atoms with Gasteiger partial charge in [-0.05, 0) is 50.4 Å². The second-order valence-electron chi connectivity index (χ2n) is 5.10. The summed E-state index contributed by atoms with van der Waals surface area (Å²) in [5.74, 6) is 2.12. The molecule has 2 aromatic heterocycles. The average molecular weight is 258 g/mol. The monoisotopic (exact) mass is 258 g/mol. The molecule has 100 valence electrons. The van der Waals surface area contributed by atoms with E-state index in [0.29, 0.717) is 5.82 Å². The summed E-state index contributed by atoms with van der Waals surface area (Å²) in [7, 11) is 0. The molecule has 3 heterocycles. The molecule has 0 aliphatic carbocycles. The van der Waals surface area contributed by atoms with Crippen molar-refractivity contribution < 1.29 is 4.52 Å². The second kappa shape index (κ2) is 5.48. The van der Waals surface area contributed by atoms with Gasteiger partial charge < -0.3 is 9.84 Å². The standard InChI is InChI=1S/C14H18N4O/c1-10-4-6-16-9-12(10)14-17-13(19-18-14)3-2-11-5-7-15-8-11/h4,6,9,11,15H,2-3,5,7-8H2,1H3. The third-order valence-corrected chi connectivity index (χ3v) is 3.68. The van der Waals surface area contributed by atoms with Gasteiger partial charge in [-0.25, -0.2) is 0 Å². The molecule has 1 fully saturated rings. The van der Waals surface area contributed by atoms with Gasteiger partial charge in [-0.1, -0.05) is 5.16 Å². The second-order valence-corrected chi connectivity index (χ2v) is 5.10. The highest BCUT2D eigenvalue weighted by Gasteiger charge is 2.16. The van der Waals surface area contributed by atoms with Crippen molar-refractivity contribution in [2.45, 2.75) is 26.2 Å². The van der Waals surface area contributed by atoms with Gasteiger partial charge in [-0.2, -0.15) is 4.98 Å². The fourth-order valence-corrected chi connectivity index (χ4v) is 2.45. The van der Waals surface area contributed by atoms with Gasteiger partial charge in [0.25, 0.3) is 0 Å². The lowest BCUT2D eigenvalue weighted by Crippen LogP contribution is -2.09. The Bertz CT molecular complexity index is 546. The van der Waals surface area contributed by atoms with Crippen molar-refractivity contribution in [1.29, 1.82) is 0 Å². The van der Waals surface area contributed by atoms with Gasteiger partial charge >= 0.3 is 0 Å². The van der Waals surface area contributed by atoms with E-state index in [9.17, 15) is 0 Å². The third-order valence-electron chi connectivity index (χ3n) is 3.68. The van der Waals surface area contributed by atoms with Gasteiger partial charge in [0.15, 0.2) is 0 Å². The lowest BCUT2D eigenvalue weighted by Gasteiger charge is -2.03. The Morgan fingerprint density at radius 2 is 2.42 bits per heavy atom. The summed E-state index contributed by atoms with van der Waals surface area (Å²) in [6.07, 6.45) is 6.78. The molecule has 0 radical (unpaired) electrons. The van der Waals surface area contributed by atoms with Crippen LogP contribution in [0.3, 0.4) is 0 Å². The molecule has 1 atom stereocenters. The number of hydrogen-bond donors (Lipinski definition) is 1. The van der Waals surface area contributed by atoms with Crippen molar-refractivity contribution in [2.24, 2.45) is 5.92 Å². The summed E-state index contributed by atoms with van der Waals surface area (Å²) in [5.41, 5.74) is 2.06. The number of nitrogens with one attached hydrogen (secondary N) is 1. The minimum absolute atomic E-state index is 0.644. The summed E-state index contributed by atoms with van der Waals surface area (Å²) >= 11 is 0. The minimum Gasteiger partial charge on any atom is -0.339 e. The van der Waals surface area contributed by atoms with E-state index in [-0.39, 0.29) is 0 Å². The predicted octanol–water partition coefficient (Wildman–Crippen LogP) is 1.98. The summed E-state index contributed by atoms with van der Waals surface area (Å²) in [5, 5.41) is 7.42. The Morgan fingerprint density at radius 3 is 3.21 bits per heavy atom. The van der Waals surface area contributed by atoms with Crippen molar-refractivity contribution in [3.05, 3.63) is 29.9 Å². The van der Waals surface area contributed by atoms with E-state index >= 15 is 0 Å². The Hall–Kier alpha value is -1.75. The Kier molecular flexibility index (Phi) is 3.55. The number of aromatic nitrogens is 3. The van der Waals surface area contributed by atoms with Crippen LogP contribution in [0.5, 0.6) is 0 Å². The van der Waals surface area contributed by atoms with Crippen LogP contribution in [0.25, 0.3) is 11.4 Å². The average Bonchev–Trinajstić information content (AvgIpc) is 3.08. The topological polar surface area (TPSA) is 63.8 Å². The largest absolute Gasteiger partial charge is 0.339 e. The van der Waals surface area contributed by atoms with Crippen molar-refractivity contribution >= 4 is 0 Å². The first-order valence-corrected chi connectivity index (χ1v) is 6.77. The number of hydrogen-bond acceptors (Lipinski definition) is 5. The first-order chi connectivity index (χ1) is 9.33. The summed E-state index contributed by atoms with van der Waals surface area (Å²) in [6, 6.07) is 1.95. The van der Waals surface area contributed by atoms with E-state index in [1.54, 1.807) is 12.4 Å². The van der Waals surface area contributed by atoms with Crippen LogP contribution in [-0.4, -0.2) is 28.2 Å². The van der Waals surface area contributed by atoms with Crippen LogP contribution in [0, 0.1) is 12.8 Å². The number of pyridine rings is 1. The van der Waals surface area contributed by atoms with Crippen molar-refractivity contribution in [3.8, 4) is 11.4 Å². The highest BCUT2D eigenvalue weighted by atomic mass is 16.5. The predicted molar refractivity (Wildman–Crippen MR) is 71.6 cm³/mol. The lowest BCUT2D eigenvalue weighted by molar-refractivity contribution is 0.365. The van der Waals surface area contributed by atoms with Crippen LogP contribution in [0.4, 0.5) is 0 Å². The molecule has 1 N–H and O–H groups in total. The molecule has 1 saturated heterocycles. The molecule has 19 heavy (non-hydrogen) atoms. The van der Waals surface area contributed by atoms with E-state index in [1.165, 1.54) is 6.42 Å². The number of nitrogens with zero attached hydrogens (tertiary/aromatic N) is 3. The molecule has 0 bridgehead atoms. The molecule has 1 unspecified atom stereocenters. The van der Waals surface area contributed by atoms with Gasteiger partial charge in [0.05, 0.1) is 0 Å². The zero-order valence-corrected chi connectivity index (χ0v) is 11.1. The van der Waals surface area contributed by atoms with Crippen LogP contribution >= 0.6 is 0 Å². The van der Waals surface area contributed by atoms with E-state index in [1.807, 2.05) is 13.0 Å². The molecule has 2 aromatic rings. The summed E-state index contributed by atoms with van der Waals surface area (Å²) in [4.78, 5) is 8.57. The van der Waals surface area contributed by atoms with Crippen LogP contribution in [-0.2, 0) is 6.42 Å². The maximum Gasteiger partial charge on any atom is 0.226 e. The van der Waals surface area contributed by atoms with Crippen molar-refractivity contribution in [2.75, 3.05) is 13.1 Å². The Morgan fingerprint density at radius 1 is 1.47 bits per heavy atom. The fraction of sp³-hybridized carbons (Fsp3) is 0.500. The SMILES string of the molecule is Cc1ccncc1-c1noc(CCC2CCNC2)n1. The molecule has 5 nitrogen and oxygen atoms in total. The van der Waals surface area contributed by atoms with Crippen LogP contribution < -0.4 is 5.32 Å². The zero-order valence-electron chi connectivity index (χ0n) is 11.1. The van der Waals surface area contributed by atoms with Gasteiger partial charge in [0.2, 0.25) is 11.7 Å². The maximum absolute atomic E-state index is 5.32. The molecule has 0 spiro atoms. The quantitative estimate of drug-likeness (QED) is 0.908. The highest BCUT2D eigenvalue weighted by Crippen LogP contribution is 2.20. The molecule has 0 amide bonds. The summed E-state index contributed by atoms with van der Waals surface area (Å²) < 4.78 is 5.32. The molecule has 3 rings (SSSR count). The van der Waals surface area contributed by atoms with E-state index < -0.39 is 0 Å². The van der Waals surface area contributed by atoms with Crippen LogP contribution in [0.1, 0.15) is 24.3 Å². The smallest absolute Gasteiger partial charge is 0.226 e. The Labute approximate surface area is 112 Å². The van der Waals surface area contributed by atoms with E-state index in [0.717, 1.165) is 48.9 Å². The molecular weight excluding hydrogens is 240 g/mol. The molecule has 5 heteroatoms. The van der Waals surface area contributed by atoms with Gasteiger partial charge in [0.1, 0.15) is 0 Å². The van der Waals surface area contributed by atoms with Crippen molar-refractivity contribution in [1.82, 2.24) is 20.4 Å². The lowest BCUT2D eigenvalue weighted by atomic mass is 10.0. The first kappa shape index (κ1) is 12.3. The molecule has 0 aromatic carbocycles. The van der Waals surface area contributed by atoms with Gasteiger partial charge in [-0.3, -0.25) is 4.98 Å².